The van der Waals surface area contributed by atoms with Crippen LogP contribution in [0.2, 0.25) is 0 Å². The Balaban J connectivity index is 3.78. The molecule has 0 bridgehead atoms. The van der Waals surface area contributed by atoms with Crippen LogP contribution in [0.25, 0.3) is 0 Å². The molecule has 0 amide bonds. The first-order valence-electron chi connectivity index (χ1n) is 6.01. The van der Waals surface area contributed by atoms with Crippen LogP contribution < -0.4 is 4.31 Å². The van der Waals surface area contributed by atoms with Crippen LogP contribution in [0.15, 0.2) is 12.1 Å². The van der Waals surface area contributed by atoms with Gasteiger partial charge in [0.2, 0.25) is 10.0 Å². The van der Waals surface area contributed by atoms with Crippen molar-refractivity contribution in [1.82, 2.24) is 0 Å². The fourth-order valence-electron chi connectivity index (χ4n) is 1.86. The molecule has 0 spiro atoms. The van der Waals surface area contributed by atoms with Crippen LogP contribution >= 0.6 is 0 Å². The molecule has 8 heteroatoms. The summed E-state index contributed by atoms with van der Waals surface area (Å²) in [5, 5.41) is 0. The minimum Gasteiger partial charge on any atom is -0.270 e. The Labute approximate surface area is 121 Å². The number of rotatable bonds is 2. The maximum Gasteiger partial charge on any atom is 0.419 e. The van der Waals surface area contributed by atoms with Crippen molar-refractivity contribution in [3.05, 3.63) is 29.1 Å². The Morgan fingerprint density at radius 1 is 1.05 bits per heavy atom. The normalized spacial score (nSPS) is 13.4. The largest absolute Gasteiger partial charge is 0.419 e. The first-order valence-corrected chi connectivity index (χ1v) is 7.86. The van der Waals surface area contributed by atoms with Gasteiger partial charge in [0.25, 0.3) is 0 Å². The van der Waals surface area contributed by atoms with Crippen LogP contribution in [-0.4, -0.2) is 21.7 Å². The molecule has 1 rings (SSSR count). The Bertz CT molecular complexity index is 645. The van der Waals surface area contributed by atoms with Crippen molar-refractivity contribution in [2.45, 2.75) is 32.4 Å². The first kappa shape index (κ1) is 17.7. The van der Waals surface area contributed by atoms with E-state index in [0.717, 1.165) is 19.4 Å². The molecule has 21 heavy (non-hydrogen) atoms. The van der Waals surface area contributed by atoms with E-state index in [4.69, 9.17) is 0 Å². The minimum absolute atomic E-state index is 0.181. The lowest BCUT2D eigenvalue weighted by molar-refractivity contribution is -0.139. The molecule has 3 nitrogen and oxygen atoms in total. The summed E-state index contributed by atoms with van der Waals surface area (Å²) in [5.74, 6) is -1.58. The van der Waals surface area contributed by atoms with E-state index in [9.17, 15) is 26.0 Å². The molecule has 0 unspecified atom stereocenters. The van der Waals surface area contributed by atoms with Gasteiger partial charge in [-0.05, 0) is 17.0 Å². The number of alkyl halides is 3. The van der Waals surface area contributed by atoms with Crippen LogP contribution in [0, 0.1) is 5.82 Å². The number of sulfonamides is 1. The van der Waals surface area contributed by atoms with E-state index in [1.165, 1.54) is 0 Å². The smallest absolute Gasteiger partial charge is 0.270 e. The quantitative estimate of drug-likeness (QED) is 0.779. The zero-order valence-electron chi connectivity index (χ0n) is 12.3. The van der Waals surface area contributed by atoms with Gasteiger partial charge in [-0.25, -0.2) is 12.8 Å². The topological polar surface area (TPSA) is 37.4 Å². The molecule has 0 atom stereocenters. The highest BCUT2D eigenvalue weighted by Gasteiger charge is 2.38. The van der Waals surface area contributed by atoms with Crippen LogP contribution in [0.4, 0.5) is 23.2 Å². The van der Waals surface area contributed by atoms with Gasteiger partial charge in [0.15, 0.2) is 5.82 Å². The fourth-order valence-corrected chi connectivity index (χ4v) is 2.37. The molecule has 0 aliphatic rings. The third-order valence-electron chi connectivity index (χ3n) is 3.04. The summed E-state index contributed by atoms with van der Waals surface area (Å²) in [7, 11) is -2.87. The van der Waals surface area contributed by atoms with Gasteiger partial charge >= 0.3 is 6.18 Å². The van der Waals surface area contributed by atoms with Gasteiger partial charge in [0.05, 0.1) is 17.5 Å². The number of halogens is 4. The average molecular weight is 327 g/mol. The van der Waals surface area contributed by atoms with E-state index in [1.807, 2.05) is 0 Å². The van der Waals surface area contributed by atoms with E-state index < -0.39 is 38.7 Å². The summed E-state index contributed by atoms with van der Waals surface area (Å²) in [5.41, 5.74) is -2.60. The number of anilines is 1. The zero-order valence-corrected chi connectivity index (χ0v) is 13.2. The van der Waals surface area contributed by atoms with E-state index in [1.54, 1.807) is 20.8 Å². The molecule has 1 aromatic rings. The maximum atomic E-state index is 14.3. The predicted octanol–water partition coefficient (Wildman–Crippen LogP) is 3.54. The molecular weight excluding hydrogens is 310 g/mol. The second-order valence-electron chi connectivity index (χ2n) is 5.80. The van der Waals surface area contributed by atoms with Gasteiger partial charge in [0.1, 0.15) is 0 Å². The van der Waals surface area contributed by atoms with Crippen molar-refractivity contribution in [2.75, 3.05) is 17.6 Å². The van der Waals surface area contributed by atoms with Crippen LogP contribution in [0.3, 0.4) is 0 Å². The Morgan fingerprint density at radius 3 is 1.81 bits per heavy atom. The molecule has 0 aliphatic heterocycles. The van der Waals surface area contributed by atoms with Crippen molar-refractivity contribution >= 4 is 15.7 Å². The summed E-state index contributed by atoms with van der Waals surface area (Å²) >= 11 is 0. The first-order chi connectivity index (χ1) is 9.17. The van der Waals surface area contributed by atoms with Gasteiger partial charge in [-0.1, -0.05) is 26.8 Å². The molecule has 0 fully saturated rings. The second-order valence-corrected chi connectivity index (χ2v) is 7.82. The number of hydrogen-bond acceptors (Lipinski definition) is 2. The lowest BCUT2D eigenvalue weighted by Gasteiger charge is -2.29. The van der Waals surface area contributed by atoms with Crippen LogP contribution in [0.5, 0.6) is 0 Å². The molecular formula is C13H17F4NO2S. The molecule has 0 saturated carbocycles. The third kappa shape index (κ3) is 3.66. The van der Waals surface area contributed by atoms with Crippen molar-refractivity contribution in [1.29, 1.82) is 0 Å². The zero-order chi connectivity index (χ0) is 16.8. The highest BCUT2D eigenvalue weighted by Crippen LogP contribution is 2.41. The van der Waals surface area contributed by atoms with Crippen molar-refractivity contribution < 1.29 is 26.0 Å². The van der Waals surface area contributed by atoms with Gasteiger partial charge in [-0.3, -0.25) is 4.31 Å². The summed E-state index contributed by atoms with van der Waals surface area (Å²) in [4.78, 5) is 0. The number of benzene rings is 1. The van der Waals surface area contributed by atoms with E-state index >= 15 is 0 Å². The molecule has 0 saturated heterocycles. The monoisotopic (exact) mass is 327 g/mol. The van der Waals surface area contributed by atoms with Gasteiger partial charge in [0, 0.05) is 7.05 Å². The maximum absolute atomic E-state index is 14.3. The minimum atomic E-state index is -4.90. The summed E-state index contributed by atoms with van der Waals surface area (Å²) < 4.78 is 76.5. The van der Waals surface area contributed by atoms with E-state index in [0.29, 0.717) is 10.4 Å². The van der Waals surface area contributed by atoms with Crippen molar-refractivity contribution in [2.24, 2.45) is 0 Å². The summed E-state index contributed by atoms with van der Waals surface area (Å²) in [6.45, 7) is 4.98. The molecule has 1 aromatic carbocycles. The van der Waals surface area contributed by atoms with E-state index in [2.05, 4.69) is 0 Å². The van der Waals surface area contributed by atoms with Crippen LogP contribution in [-0.2, 0) is 21.6 Å². The Morgan fingerprint density at radius 2 is 1.48 bits per heavy atom. The number of hydrogen-bond donors (Lipinski definition) is 0. The Kier molecular flexibility index (Phi) is 4.35. The molecule has 120 valence electrons. The van der Waals surface area contributed by atoms with Gasteiger partial charge in [-0.2, -0.15) is 13.2 Å². The lowest BCUT2D eigenvalue weighted by atomic mass is 9.85. The van der Waals surface area contributed by atoms with E-state index in [-0.39, 0.29) is 5.56 Å². The fraction of sp³-hybridized carbons (Fsp3) is 0.538. The van der Waals surface area contributed by atoms with Gasteiger partial charge < -0.3 is 0 Å². The average Bonchev–Trinajstić information content (AvgIpc) is 2.23. The van der Waals surface area contributed by atoms with Crippen LogP contribution in [0.1, 0.15) is 31.9 Å². The molecule has 0 radical (unpaired) electrons. The lowest BCUT2D eigenvalue weighted by Crippen LogP contribution is -2.30. The van der Waals surface area contributed by atoms with Gasteiger partial charge in [-0.15, -0.1) is 0 Å². The molecule has 0 aromatic heterocycles. The molecule has 0 heterocycles. The predicted molar refractivity (Wildman–Crippen MR) is 73.3 cm³/mol. The third-order valence-corrected chi connectivity index (χ3v) is 4.22. The molecule has 0 aliphatic carbocycles. The van der Waals surface area contributed by atoms with Crippen molar-refractivity contribution in [3.8, 4) is 0 Å². The number of nitrogens with zero attached hydrogens (tertiary/aromatic N) is 1. The molecule has 0 N–H and O–H groups in total. The SMILES string of the molecule is CN(c1c(C(C)(C)C)ccc(C(F)(F)F)c1F)S(C)(=O)=O. The Hall–Kier alpha value is -1.31. The summed E-state index contributed by atoms with van der Waals surface area (Å²) in [6.07, 6.45) is -4.09. The second kappa shape index (κ2) is 5.15. The standard InChI is InChI=1S/C13H17F4NO2S/c1-12(2,3)9-7-6-8(13(15,16)17)10(14)11(9)18(4)21(5,19)20/h6-7H,1-5H3. The highest BCUT2D eigenvalue weighted by molar-refractivity contribution is 7.92. The highest BCUT2D eigenvalue weighted by atomic mass is 32.2. The van der Waals surface area contributed by atoms with Crippen molar-refractivity contribution in [3.63, 3.8) is 0 Å². The summed E-state index contributed by atoms with van der Waals surface area (Å²) in [6, 6.07) is 1.75.